The van der Waals surface area contributed by atoms with E-state index >= 15 is 0 Å². The molecule has 19 heavy (non-hydrogen) atoms. The predicted octanol–water partition coefficient (Wildman–Crippen LogP) is 1.42. The largest absolute Gasteiger partial charge is 0.331 e. The van der Waals surface area contributed by atoms with Gasteiger partial charge in [-0.3, -0.25) is 14.9 Å². The van der Waals surface area contributed by atoms with E-state index in [9.17, 15) is 14.9 Å². The third-order valence-corrected chi connectivity index (χ3v) is 3.39. The number of nitrogens with one attached hydrogen (secondary N) is 1. The van der Waals surface area contributed by atoms with Gasteiger partial charge in [0, 0.05) is 42.9 Å². The molecule has 0 spiro atoms. The van der Waals surface area contributed by atoms with Crippen LogP contribution in [-0.4, -0.2) is 40.9 Å². The molecule has 2 rings (SSSR count). The Balaban J connectivity index is 2.20. The summed E-state index contributed by atoms with van der Waals surface area (Å²) in [6.07, 6.45) is 0. The van der Waals surface area contributed by atoms with Crippen LogP contribution >= 0.6 is 0 Å². The maximum Gasteiger partial charge on any atom is 0.269 e. The summed E-state index contributed by atoms with van der Waals surface area (Å²) in [4.78, 5) is 24.4. The lowest BCUT2D eigenvalue weighted by atomic mass is 10.1. The summed E-state index contributed by atoms with van der Waals surface area (Å²) in [6.45, 7) is 5.52. The number of hydrogen-bond acceptors (Lipinski definition) is 4. The van der Waals surface area contributed by atoms with Crippen LogP contribution in [-0.2, 0) is 0 Å². The average Bonchev–Trinajstić information content (AvgIpc) is 2.38. The molecule has 1 aromatic carbocycles. The van der Waals surface area contributed by atoms with Crippen LogP contribution in [0.4, 0.5) is 5.69 Å². The second-order valence-electron chi connectivity index (χ2n) is 4.87. The number of carbonyl (C=O) groups is 1. The van der Waals surface area contributed by atoms with Crippen LogP contribution in [0.15, 0.2) is 24.3 Å². The Bertz CT molecular complexity index is 476. The number of non-ortho nitro benzene ring substituents is 1. The highest BCUT2D eigenvalue weighted by molar-refractivity contribution is 5.95. The molecule has 6 heteroatoms. The number of amides is 1. The van der Waals surface area contributed by atoms with Gasteiger partial charge in [0.05, 0.1) is 4.92 Å². The first-order valence-corrected chi connectivity index (χ1v) is 6.28. The highest BCUT2D eigenvalue weighted by Gasteiger charge is 2.29. The number of piperazine rings is 1. The van der Waals surface area contributed by atoms with E-state index in [1.807, 2.05) is 18.7 Å². The van der Waals surface area contributed by atoms with Gasteiger partial charge in [0.2, 0.25) is 0 Å². The average molecular weight is 263 g/mol. The van der Waals surface area contributed by atoms with E-state index in [2.05, 4.69) is 5.32 Å². The van der Waals surface area contributed by atoms with E-state index in [-0.39, 0.29) is 23.7 Å². The van der Waals surface area contributed by atoms with E-state index in [0.29, 0.717) is 5.56 Å². The van der Waals surface area contributed by atoms with Gasteiger partial charge < -0.3 is 10.2 Å². The van der Waals surface area contributed by atoms with E-state index in [4.69, 9.17) is 0 Å². The Morgan fingerprint density at radius 3 is 2.26 bits per heavy atom. The lowest BCUT2D eigenvalue weighted by Gasteiger charge is -2.39. The Hall–Kier alpha value is -1.95. The predicted molar refractivity (Wildman–Crippen MR) is 71.1 cm³/mol. The van der Waals surface area contributed by atoms with Gasteiger partial charge in [-0.1, -0.05) is 0 Å². The van der Waals surface area contributed by atoms with Crippen LogP contribution in [0.3, 0.4) is 0 Å². The van der Waals surface area contributed by atoms with Crippen LogP contribution in [0.25, 0.3) is 0 Å². The molecule has 0 aromatic heterocycles. The van der Waals surface area contributed by atoms with Crippen molar-refractivity contribution in [1.82, 2.24) is 10.2 Å². The zero-order valence-corrected chi connectivity index (χ0v) is 11.0. The van der Waals surface area contributed by atoms with Crippen LogP contribution < -0.4 is 5.32 Å². The fourth-order valence-electron chi connectivity index (χ4n) is 2.41. The molecule has 1 aliphatic rings. The third kappa shape index (κ3) is 2.73. The summed E-state index contributed by atoms with van der Waals surface area (Å²) in [6, 6.07) is 6.00. The van der Waals surface area contributed by atoms with Crippen molar-refractivity contribution in [1.29, 1.82) is 0 Å². The molecule has 1 N–H and O–H groups in total. The molecule has 6 nitrogen and oxygen atoms in total. The monoisotopic (exact) mass is 263 g/mol. The Kier molecular flexibility index (Phi) is 3.80. The van der Waals surface area contributed by atoms with Gasteiger partial charge in [0.15, 0.2) is 0 Å². The van der Waals surface area contributed by atoms with Crippen molar-refractivity contribution >= 4 is 11.6 Å². The molecule has 1 saturated heterocycles. The van der Waals surface area contributed by atoms with Gasteiger partial charge in [-0.2, -0.15) is 0 Å². The smallest absolute Gasteiger partial charge is 0.269 e. The Morgan fingerprint density at radius 1 is 1.26 bits per heavy atom. The van der Waals surface area contributed by atoms with Crippen LogP contribution in [0, 0.1) is 10.1 Å². The molecule has 0 aliphatic carbocycles. The number of nitro groups is 1. The molecule has 0 saturated carbocycles. The van der Waals surface area contributed by atoms with Gasteiger partial charge in [-0.25, -0.2) is 0 Å². The summed E-state index contributed by atoms with van der Waals surface area (Å²) < 4.78 is 0. The summed E-state index contributed by atoms with van der Waals surface area (Å²) in [7, 11) is 0. The summed E-state index contributed by atoms with van der Waals surface area (Å²) >= 11 is 0. The minimum absolute atomic E-state index is 0.00189. The topological polar surface area (TPSA) is 75.5 Å². The standard InChI is InChI=1S/C13H17N3O3/c1-9-7-14-8-10(2)15(9)13(17)11-3-5-12(6-4-11)16(18)19/h3-6,9-10,14H,7-8H2,1-2H3. The third-order valence-electron chi connectivity index (χ3n) is 3.39. The van der Waals surface area contributed by atoms with E-state index in [1.165, 1.54) is 24.3 Å². The van der Waals surface area contributed by atoms with Crippen molar-refractivity contribution < 1.29 is 9.72 Å². The molecular formula is C13H17N3O3. The molecule has 0 bridgehead atoms. The maximum absolute atomic E-state index is 12.4. The van der Waals surface area contributed by atoms with Crippen LogP contribution in [0.1, 0.15) is 24.2 Å². The number of carbonyl (C=O) groups excluding carboxylic acids is 1. The highest BCUT2D eigenvalue weighted by Crippen LogP contribution is 2.17. The molecule has 0 radical (unpaired) electrons. The quantitative estimate of drug-likeness (QED) is 0.646. The SMILES string of the molecule is CC1CNCC(C)N1C(=O)c1ccc([N+](=O)[O-])cc1. The summed E-state index contributed by atoms with van der Waals surface area (Å²) in [5.41, 5.74) is 0.490. The fraction of sp³-hybridized carbons (Fsp3) is 0.462. The lowest BCUT2D eigenvalue weighted by Crippen LogP contribution is -2.57. The first-order chi connectivity index (χ1) is 9.00. The molecular weight excluding hydrogens is 246 g/mol. The molecule has 1 amide bonds. The van der Waals surface area contributed by atoms with Crippen molar-refractivity contribution in [3.8, 4) is 0 Å². The molecule has 2 atom stereocenters. The van der Waals surface area contributed by atoms with Crippen molar-refractivity contribution in [3.63, 3.8) is 0 Å². The van der Waals surface area contributed by atoms with Crippen molar-refractivity contribution in [2.75, 3.05) is 13.1 Å². The van der Waals surface area contributed by atoms with Crippen LogP contribution in [0.5, 0.6) is 0 Å². The number of hydrogen-bond donors (Lipinski definition) is 1. The second kappa shape index (κ2) is 5.36. The lowest BCUT2D eigenvalue weighted by molar-refractivity contribution is -0.384. The Morgan fingerprint density at radius 2 is 1.79 bits per heavy atom. The number of nitrogens with zero attached hydrogens (tertiary/aromatic N) is 2. The normalized spacial score (nSPS) is 23.2. The van der Waals surface area contributed by atoms with Gasteiger partial charge in [0.25, 0.3) is 11.6 Å². The second-order valence-corrected chi connectivity index (χ2v) is 4.87. The zero-order chi connectivity index (χ0) is 14.0. The van der Waals surface area contributed by atoms with Gasteiger partial charge in [-0.15, -0.1) is 0 Å². The van der Waals surface area contributed by atoms with Gasteiger partial charge in [0.1, 0.15) is 0 Å². The van der Waals surface area contributed by atoms with Crippen molar-refractivity contribution in [3.05, 3.63) is 39.9 Å². The maximum atomic E-state index is 12.4. The van der Waals surface area contributed by atoms with Crippen molar-refractivity contribution in [2.24, 2.45) is 0 Å². The number of benzene rings is 1. The highest BCUT2D eigenvalue weighted by atomic mass is 16.6. The van der Waals surface area contributed by atoms with Gasteiger partial charge in [-0.05, 0) is 26.0 Å². The van der Waals surface area contributed by atoms with Crippen LogP contribution in [0.2, 0.25) is 0 Å². The molecule has 102 valence electrons. The molecule has 1 aliphatic heterocycles. The van der Waals surface area contributed by atoms with Gasteiger partial charge >= 0.3 is 0 Å². The number of nitro benzene ring substituents is 1. The fourth-order valence-corrected chi connectivity index (χ4v) is 2.41. The van der Waals surface area contributed by atoms with E-state index in [1.54, 1.807) is 0 Å². The summed E-state index contributed by atoms with van der Waals surface area (Å²) in [5, 5.41) is 13.9. The molecule has 1 aromatic rings. The molecule has 2 unspecified atom stereocenters. The summed E-state index contributed by atoms with van der Waals surface area (Å²) in [5.74, 6) is -0.0728. The number of rotatable bonds is 2. The minimum Gasteiger partial charge on any atom is -0.331 e. The zero-order valence-electron chi connectivity index (χ0n) is 11.0. The molecule has 1 heterocycles. The first kappa shape index (κ1) is 13.5. The van der Waals surface area contributed by atoms with Crippen molar-refractivity contribution in [2.45, 2.75) is 25.9 Å². The van der Waals surface area contributed by atoms with E-state index in [0.717, 1.165) is 13.1 Å². The minimum atomic E-state index is -0.468. The first-order valence-electron chi connectivity index (χ1n) is 6.28. The molecule has 1 fully saturated rings. The Labute approximate surface area is 111 Å². The van der Waals surface area contributed by atoms with E-state index < -0.39 is 4.92 Å².